The van der Waals surface area contributed by atoms with Gasteiger partial charge in [-0.15, -0.1) is 11.3 Å². The average Bonchev–Trinajstić information content (AvgIpc) is 3.09. The van der Waals surface area contributed by atoms with E-state index < -0.39 is 0 Å². The zero-order chi connectivity index (χ0) is 15.4. The fraction of sp³-hybridized carbons (Fsp3) is 0.722. The van der Waals surface area contributed by atoms with Crippen LogP contribution in [-0.2, 0) is 10.2 Å². The van der Waals surface area contributed by atoms with Gasteiger partial charge < -0.3 is 11.1 Å². The Hall–Kier alpha value is -0.870. The van der Waals surface area contributed by atoms with Crippen LogP contribution >= 0.6 is 11.3 Å². The van der Waals surface area contributed by atoms with Crippen molar-refractivity contribution in [3.8, 4) is 0 Å². The summed E-state index contributed by atoms with van der Waals surface area (Å²) in [4.78, 5) is 14.0. The summed E-state index contributed by atoms with van der Waals surface area (Å²) in [5.74, 6) is 0.365. The van der Waals surface area contributed by atoms with Gasteiger partial charge >= 0.3 is 0 Å². The molecule has 0 aliphatic heterocycles. The van der Waals surface area contributed by atoms with E-state index >= 15 is 0 Å². The standard InChI is InChI=1S/C18H28N2OS/c19-15-7-4-6-14(12-15)17(21)20-13-18(9-2-1-3-10-18)16-8-5-11-22-16/h5,8,11,14-15H,1-4,6-7,9-10,12-13,19H2,(H,20,21). The van der Waals surface area contributed by atoms with Crippen LogP contribution in [0.15, 0.2) is 17.5 Å². The number of hydrogen-bond donors (Lipinski definition) is 2. The normalized spacial score (nSPS) is 28.2. The second kappa shape index (κ2) is 7.14. The van der Waals surface area contributed by atoms with Crippen LogP contribution in [0.5, 0.6) is 0 Å². The van der Waals surface area contributed by atoms with Gasteiger partial charge in [-0.1, -0.05) is 31.7 Å². The van der Waals surface area contributed by atoms with E-state index in [1.807, 2.05) is 11.3 Å². The van der Waals surface area contributed by atoms with E-state index in [1.54, 1.807) is 0 Å². The van der Waals surface area contributed by atoms with Crippen molar-refractivity contribution in [1.29, 1.82) is 0 Å². The third-order valence-corrected chi connectivity index (χ3v) is 6.66. The Morgan fingerprint density at radius 3 is 2.77 bits per heavy atom. The Kier molecular flexibility index (Phi) is 5.19. The second-order valence-electron chi connectivity index (χ2n) is 7.16. The lowest BCUT2D eigenvalue weighted by molar-refractivity contribution is -0.126. The molecule has 4 heteroatoms. The molecule has 2 saturated carbocycles. The van der Waals surface area contributed by atoms with Gasteiger partial charge in [0.1, 0.15) is 0 Å². The number of amides is 1. The van der Waals surface area contributed by atoms with Crippen LogP contribution in [0, 0.1) is 5.92 Å². The smallest absolute Gasteiger partial charge is 0.223 e. The van der Waals surface area contributed by atoms with E-state index in [0.29, 0.717) is 0 Å². The molecule has 22 heavy (non-hydrogen) atoms. The summed E-state index contributed by atoms with van der Waals surface area (Å²) in [7, 11) is 0. The van der Waals surface area contributed by atoms with Crippen LogP contribution in [0.4, 0.5) is 0 Å². The van der Waals surface area contributed by atoms with Gasteiger partial charge in [-0.3, -0.25) is 4.79 Å². The first-order valence-electron chi connectivity index (χ1n) is 8.77. The first-order valence-corrected chi connectivity index (χ1v) is 9.65. The van der Waals surface area contributed by atoms with Crippen LogP contribution in [0.1, 0.15) is 62.7 Å². The first-order chi connectivity index (χ1) is 10.7. The van der Waals surface area contributed by atoms with E-state index in [0.717, 1.165) is 32.2 Å². The summed E-state index contributed by atoms with van der Waals surface area (Å²) in [6, 6.07) is 4.60. The first kappa shape index (κ1) is 16.0. The van der Waals surface area contributed by atoms with Crippen LogP contribution in [0.3, 0.4) is 0 Å². The summed E-state index contributed by atoms with van der Waals surface area (Å²) in [6.07, 6.45) is 10.3. The third kappa shape index (κ3) is 3.54. The Balaban J connectivity index is 1.63. The number of nitrogens with one attached hydrogen (secondary N) is 1. The van der Waals surface area contributed by atoms with Gasteiger partial charge in [-0.2, -0.15) is 0 Å². The molecule has 2 unspecified atom stereocenters. The molecule has 3 rings (SSSR count). The average molecular weight is 321 g/mol. The molecule has 2 aliphatic rings. The molecule has 1 aromatic heterocycles. The third-order valence-electron chi connectivity index (χ3n) is 5.54. The van der Waals surface area contributed by atoms with Gasteiger partial charge in [0.25, 0.3) is 0 Å². The van der Waals surface area contributed by atoms with Crippen molar-refractivity contribution in [3.05, 3.63) is 22.4 Å². The predicted octanol–water partition coefficient (Wildman–Crippen LogP) is 3.58. The summed E-state index contributed by atoms with van der Waals surface area (Å²) in [5, 5.41) is 5.44. The minimum atomic E-state index is 0.132. The maximum absolute atomic E-state index is 12.5. The topological polar surface area (TPSA) is 55.1 Å². The van der Waals surface area contributed by atoms with Crippen LogP contribution in [0.2, 0.25) is 0 Å². The van der Waals surface area contributed by atoms with Gasteiger partial charge in [-0.25, -0.2) is 0 Å². The highest BCUT2D eigenvalue weighted by Gasteiger charge is 2.36. The van der Waals surface area contributed by atoms with Crippen molar-refractivity contribution < 1.29 is 4.79 Å². The van der Waals surface area contributed by atoms with Crippen LogP contribution < -0.4 is 11.1 Å². The predicted molar refractivity (Wildman–Crippen MR) is 92.0 cm³/mol. The molecule has 0 saturated heterocycles. The van der Waals surface area contributed by atoms with Crippen molar-refractivity contribution in [1.82, 2.24) is 5.32 Å². The lowest BCUT2D eigenvalue weighted by atomic mass is 9.72. The molecule has 3 N–H and O–H groups in total. The molecule has 0 spiro atoms. The number of thiophene rings is 1. The Labute approximate surface area is 137 Å². The number of carbonyl (C=O) groups is 1. The minimum Gasteiger partial charge on any atom is -0.355 e. The molecule has 0 radical (unpaired) electrons. The zero-order valence-electron chi connectivity index (χ0n) is 13.4. The molecular formula is C18H28N2OS. The highest BCUT2D eigenvalue weighted by atomic mass is 32.1. The maximum Gasteiger partial charge on any atom is 0.223 e. The fourth-order valence-electron chi connectivity index (χ4n) is 4.19. The Morgan fingerprint density at radius 1 is 1.27 bits per heavy atom. The maximum atomic E-state index is 12.5. The van der Waals surface area contributed by atoms with Gasteiger partial charge in [0, 0.05) is 28.8 Å². The van der Waals surface area contributed by atoms with Crippen molar-refractivity contribution >= 4 is 17.2 Å². The monoisotopic (exact) mass is 320 g/mol. The summed E-state index contributed by atoms with van der Waals surface area (Å²) in [6.45, 7) is 0.804. The van der Waals surface area contributed by atoms with E-state index in [-0.39, 0.29) is 23.3 Å². The molecule has 1 heterocycles. The number of nitrogens with two attached hydrogens (primary N) is 1. The second-order valence-corrected chi connectivity index (χ2v) is 8.11. The van der Waals surface area contributed by atoms with Gasteiger partial charge in [-0.05, 0) is 43.6 Å². The van der Waals surface area contributed by atoms with Gasteiger partial charge in [0.05, 0.1) is 0 Å². The molecule has 3 nitrogen and oxygen atoms in total. The molecule has 0 aromatic carbocycles. The highest BCUT2D eigenvalue weighted by Crippen LogP contribution is 2.41. The Morgan fingerprint density at radius 2 is 2.09 bits per heavy atom. The number of rotatable bonds is 4. The molecule has 1 aromatic rings. The van der Waals surface area contributed by atoms with Crippen LogP contribution in [0.25, 0.3) is 0 Å². The van der Waals surface area contributed by atoms with Crippen molar-refractivity contribution in [2.75, 3.05) is 6.54 Å². The fourth-order valence-corrected chi connectivity index (χ4v) is 5.17. The Bertz CT molecular complexity index is 479. The number of carbonyl (C=O) groups excluding carboxylic acids is 1. The largest absolute Gasteiger partial charge is 0.355 e. The quantitative estimate of drug-likeness (QED) is 0.891. The summed E-state index contributed by atoms with van der Waals surface area (Å²) < 4.78 is 0. The molecular weight excluding hydrogens is 292 g/mol. The van der Waals surface area contributed by atoms with Gasteiger partial charge in [0.15, 0.2) is 0 Å². The molecule has 0 bridgehead atoms. The lowest BCUT2D eigenvalue weighted by Crippen LogP contribution is -2.45. The summed E-state index contributed by atoms with van der Waals surface area (Å²) >= 11 is 1.84. The van der Waals surface area contributed by atoms with Crippen LogP contribution in [-0.4, -0.2) is 18.5 Å². The van der Waals surface area contributed by atoms with E-state index in [9.17, 15) is 4.79 Å². The molecule has 2 fully saturated rings. The summed E-state index contributed by atoms with van der Waals surface area (Å²) in [5.41, 5.74) is 6.21. The lowest BCUT2D eigenvalue weighted by Gasteiger charge is -2.37. The van der Waals surface area contributed by atoms with Gasteiger partial charge in [0.2, 0.25) is 5.91 Å². The minimum absolute atomic E-state index is 0.132. The van der Waals surface area contributed by atoms with E-state index in [1.165, 1.54) is 37.0 Å². The molecule has 2 aliphatic carbocycles. The van der Waals surface area contributed by atoms with Crippen molar-refractivity contribution in [2.24, 2.45) is 11.7 Å². The van der Waals surface area contributed by atoms with Crippen molar-refractivity contribution in [3.63, 3.8) is 0 Å². The SMILES string of the molecule is NC1CCCC(C(=O)NCC2(c3cccs3)CCCCC2)C1. The van der Waals surface area contributed by atoms with E-state index in [2.05, 4.69) is 22.8 Å². The number of hydrogen-bond acceptors (Lipinski definition) is 3. The molecule has 2 atom stereocenters. The van der Waals surface area contributed by atoms with E-state index in [4.69, 9.17) is 5.73 Å². The molecule has 122 valence electrons. The highest BCUT2D eigenvalue weighted by molar-refractivity contribution is 7.10. The zero-order valence-corrected chi connectivity index (χ0v) is 14.2. The van der Waals surface area contributed by atoms with Crippen molar-refractivity contribution in [2.45, 2.75) is 69.2 Å². The molecule has 1 amide bonds.